The van der Waals surface area contributed by atoms with Crippen LogP contribution in [-0.2, 0) is 18.4 Å². The third kappa shape index (κ3) is 4.27. The van der Waals surface area contributed by atoms with Crippen LogP contribution in [0.4, 0.5) is 0 Å². The van der Waals surface area contributed by atoms with E-state index in [0.717, 1.165) is 0 Å². The van der Waals surface area contributed by atoms with E-state index >= 15 is 0 Å². The van der Waals surface area contributed by atoms with Crippen molar-refractivity contribution < 1.29 is 18.4 Å². The van der Waals surface area contributed by atoms with Gasteiger partial charge < -0.3 is 9.05 Å². The minimum Gasteiger partial charge on any atom is -0.307 e. The van der Waals surface area contributed by atoms with Crippen molar-refractivity contribution >= 4 is 13.7 Å². The smallest absolute Gasteiger partial charge is 0.307 e. The van der Waals surface area contributed by atoms with E-state index in [0.29, 0.717) is 0 Å². The lowest BCUT2D eigenvalue weighted by atomic mass is 10.2. The number of isocyanates is 1. The van der Waals surface area contributed by atoms with E-state index in [1.807, 2.05) is 0 Å². The third-order valence-electron chi connectivity index (χ3n) is 1.72. The van der Waals surface area contributed by atoms with Crippen molar-refractivity contribution in [1.82, 2.24) is 0 Å². The van der Waals surface area contributed by atoms with Crippen LogP contribution in [-0.4, -0.2) is 25.1 Å². The Morgan fingerprint density at radius 2 is 1.73 bits per heavy atom. The standard InChI is InChI=1S/C9H18NO4P/c1-5-13-15(12,14-6-2)9(8(3)4)10-7-11/h8-9H,5-6H2,1-4H3. The second kappa shape index (κ2) is 6.91. The largest absolute Gasteiger partial charge is 0.356 e. The van der Waals surface area contributed by atoms with Crippen molar-refractivity contribution in [1.29, 1.82) is 0 Å². The molecule has 88 valence electrons. The molecule has 0 aliphatic heterocycles. The Bertz CT molecular complexity index is 263. The van der Waals surface area contributed by atoms with Gasteiger partial charge in [0.15, 0.2) is 5.78 Å². The summed E-state index contributed by atoms with van der Waals surface area (Å²) in [7, 11) is -3.33. The van der Waals surface area contributed by atoms with Gasteiger partial charge >= 0.3 is 7.60 Å². The number of aliphatic imine (C=N–C) groups is 1. The molecule has 0 radical (unpaired) electrons. The first-order valence-electron chi connectivity index (χ1n) is 4.97. The minimum absolute atomic E-state index is 0.101. The quantitative estimate of drug-likeness (QED) is 0.386. The molecule has 15 heavy (non-hydrogen) atoms. The molecule has 5 nitrogen and oxygen atoms in total. The molecule has 0 aliphatic rings. The van der Waals surface area contributed by atoms with Crippen molar-refractivity contribution in [2.45, 2.75) is 33.5 Å². The average Bonchev–Trinajstić information content (AvgIpc) is 2.14. The summed E-state index contributed by atoms with van der Waals surface area (Å²) in [6.45, 7) is 7.55. The summed E-state index contributed by atoms with van der Waals surface area (Å²) in [5.74, 6) is -0.870. The summed E-state index contributed by atoms with van der Waals surface area (Å²) < 4.78 is 22.4. The van der Waals surface area contributed by atoms with Crippen molar-refractivity contribution in [3.8, 4) is 0 Å². The second-order valence-electron chi connectivity index (χ2n) is 3.25. The summed E-state index contributed by atoms with van der Waals surface area (Å²) >= 11 is 0. The molecule has 0 bridgehead atoms. The molecule has 0 amide bonds. The number of nitrogens with zero attached hydrogens (tertiary/aromatic N) is 1. The van der Waals surface area contributed by atoms with Crippen LogP contribution in [0.5, 0.6) is 0 Å². The Balaban J connectivity index is 4.98. The molecular formula is C9H18NO4P. The van der Waals surface area contributed by atoms with E-state index in [-0.39, 0.29) is 19.1 Å². The molecule has 0 aromatic heterocycles. The number of hydrogen-bond acceptors (Lipinski definition) is 5. The van der Waals surface area contributed by atoms with E-state index in [2.05, 4.69) is 4.99 Å². The maximum atomic E-state index is 12.2. The topological polar surface area (TPSA) is 65.0 Å². The van der Waals surface area contributed by atoms with Gasteiger partial charge in [-0.1, -0.05) is 13.8 Å². The van der Waals surface area contributed by atoms with Gasteiger partial charge in [0.05, 0.1) is 13.2 Å². The lowest BCUT2D eigenvalue weighted by Gasteiger charge is -2.24. The number of rotatable bonds is 7. The van der Waals surface area contributed by atoms with E-state index in [4.69, 9.17) is 9.05 Å². The van der Waals surface area contributed by atoms with E-state index in [1.165, 1.54) is 6.08 Å². The highest BCUT2D eigenvalue weighted by molar-refractivity contribution is 7.54. The summed E-state index contributed by atoms with van der Waals surface area (Å²) in [4.78, 5) is 13.8. The number of carbonyl (C=O) groups excluding carboxylic acids is 1. The zero-order chi connectivity index (χ0) is 11.9. The van der Waals surface area contributed by atoms with E-state index in [1.54, 1.807) is 27.7 Å². The van der Waals surface area contributed by atoms with Crippen LogP contribution in [0, 0.1) is 5.92 Å². The molecule has 1 atom stereocenters. The van der Waals surface area contributed by atoms with Crippen LogP contribution < -0.4 is 0 Å². The summed E-state index contributed by atoms with van der Waals surface area (Å²) in [6, 6.07) is 0. The maximum absolute atomic E-state index is 12.2. The zero-order valence-corrected chi connectivity index (χ0v) is 10.5. The van der Waals surface area contributed by atoms with E-state index in [9.17, 15) is 9.36 Å². The fourth-order valence-electron chi connectivity index (χ4n) is 1.19. The molecule has 0 aromatic rings. The molecule has 0 spiro atoms. The highest BCUT2D eigenvalue weighted by Crippen LogP contribution is 2.55. The molecule has 0 aromatic carbocycles. The van der Waals surface area contributed by atoms with Crippen LogP contribution in [0.15, 0.2) is 4.99 Å². The summed E-state index contributed by atoms with van der Waals surface area (Å²) in [5.41, 5.74) is 0. The van der Waals surface area contributed by atoms with Crippen molar-refractivity contribution in [3.63, 3.8) is 0 Å². The molecule has 0 rings (SSSR count). The van der Waals surface area contributed by atoms with Crippen molar-refractivity contribution in [2.24, 2.45) is 10.9 Å². The van der Waals surface area contributed by atoms with Crippen LogP contribution in [0.25, 0.3) is 0 Å². The van der Waals surface area contributed by atoms with Crippen LogP contribution >= 0.6 is 7.60 Å². The first-order valence-corrected chi connectivity index (χ1v) is 6.58. The van der Waals surface area contributed by atoms with Gasteiger partial charge in [0.25, 0.3) is 0 Å². The van der Waals surface area contributed by atoms with Crippen LogP contribution in [0.3, 0.4) is 0 Å². The van der Waals surface area contributed by atoms with Gasteiger partial charge in [0.1, 0.15) is 0 Å². The summed E-state index contributed by atoms with van der Waals surface area (Å²) in [6.07, 6.45) is 1.41. The molecule has 1 unspecified atom stereocenters. The highest BCUT2D eigenvalue weighted by atomic mass is 31.2. The van der Waals surface area contributed by atoms with Gasteiger partial charge in [0, 0.05) is 0 Å². The molecule has 6 heteroatoms. The van der Waals surface area contributed by atoms with Gasteiger partial charge in [0.2, 0.25) is 6.08 Å². The van der Waals surface area contributed by atoms with Crippen LogP contribution in [0.2, 0.25) is 0 Å². The SMILES string of the molecule is CCOP(=O)(OCC)C(N=C=O)C(C)C. The lowest BCUT2D eigenvalue weighted by Crippen LogP contribution is -2.17. The number of hydrogen-bond donors (Lipinski definition) is 0. The van der Waals surface area contributed by atoms with Crippen LogP contribution in [0.1, 0.15) is 27.7 Å². The van der Waals surface area contributed by atoms with Gasteiger partial charge in [-0.05, 0) is 19.8 Å². The zero-order valence-electron chi connectivity index (χ0n) is 9.60. The molecule has 0 fully saturated rings. The molecule has 0 N–H and O–H groups in total. The van der Waals surface area contributed by atoms with Gasteiger partial charge in [-0.2, -0.15) is 4.99 Å². The molecule has 0 saturated carbocycles. The highest BCUT2D eigenvalue weighted by Gasteiger charge is 2.37. The fraction of sp³-hybridized carbons (Fsp3) is 0.889. The Kier molecular flexibility index (Phi) is 6.70. The monoisotopic (exact) mass is 235 g/mol. The first-order chi connectivity index (χ1) is 7.01. The molecule has 0 heterocycles. The minimum atomic E-state index is -3.33. The van der Waals surface area contributed by atoms with Gasteiger partial charge in [-0.15, -0.1) is 0 Å². The maximum Gasteiger partial charge on any atom is 0.356 e. The second-order valence-corrected chi connectivity index (χ2v) is 5.38. The molecule has 0 aliphatic carbocycles. The van der Waals surface area contributed by atoms with Crippen molar-refractivity contribution in [2.75, 3.05) is 13.2 Å². The molecular weight excluding hydrogens is 217 g/mol. The Morgan fingerprint density at radius 1 is 1.27 bits per heavy atom. The fourth-order valence-corrected chi connectivity index (χ4v) is 3.21. The average molecular weight is 235 g/mol. The summed E-state index contributed by atoms with van der Waals surface area (Å²) in [5, 5.41) is 0. The Labute approximate surface area is 90.4 Å². The lowest BCUT2D eigenvalue weighted by molar-refractivity contribution is 0.206. The normalized spacial score (nSPS) is 13.7. The third-order valence-corrected chi connectivity index (χ3v) is 4.32. The predicted molar refractivity (Wildman–Crippen MR) is 57.6 cm³/mol. The molecule has 0 saturated heterocycles. The van der Waals surface area contributed by atoms with E-state index < -0.39 is 13.4 Å². The predicted octanol–water partition coefficient (Wildman–Crippen LogP) is 2.57. The Morgan fingerprint density at radius 3 is 2.00 bits per heavy atom. The Hall–Kier alpha value is -0.470. The first kappa shape index (κ1) is 14.5. The van der Waals surface area contributed by atoms with Crippen molar-refractivity contribution in [3.05, 3.63) is 0 Å². The van der Waals surface area contributed by atoms with Gasteiger partial charge in [-0.25, -0.2) is 4.79 Å². The van der Waals surface area contributed by atoms with Gasteiger partial charge in [-0.3, -0.25) is 4.57 Å².